The molecule has 0 spiro atoms. The Morgan fingerprint density at radius 3 is 2.71 bits per heavy atom. The van der Waals surface area contributed by atoms with E-state index >= 15 is 0 Å². The molecule has 1 aliphatic rings. The van der Waals surface area contributed by atoms with Gasteiger partial charge in [-0.25, -0.2) is 4.98 Å². The minimum absolute atomic E-state index is 0.0737. The lowest BCUT2D eigenvalue weighted by molar-refractivity contribution is -0.142. The Morgan fingerprint density at radius 1 is 1.29 bits per heavy atom. The second-order valence-electron chi connectivity index (χ2n) is 9.68. The van der Waals surface area contributed by atoms with E-state index in [2.05, 4.69) is 21.3 Å². The highest BCUT2D eigenvalue weighted by Gasteiger charge is 2.36. The number of nitrogens with zero attached hydrogens (tertiary/aromatic N) is 3. The van der Waals surface area contributed by atoms with Crippen molar-refractivity contribution in [3.05, 3.63) is 35.0 Å². The summed E-state index contributed by atoms with van der Waals surface area (Å²) < 4.78 is 6.13. The highest BCUT2D eigenvalue weighted by molar-refractivity contribution is 7.13. The summed E-state index contributed by atoms with van der Waals surface area (Å²) in [5.41, 5.74) is 4.82. The molecule has 1 fully saturated rings. The van der Waals surface area contributed by atoms with Crippen molar-refractivity contribution in [2.45, 2.75) is 53.1 Å². The summed E-state index contributed by atoms with van der Waals surface area (Å²) in [5, 5.41) is 3.07. The zero-order chi connectivity index (χ0) is 24.8. The molecule has 3 rings (SSSR count). The third-order valence-corrected chi connectivity index (χ3v) is 7.53. The molecule has 34 heavy (non-hydrogen) atoms. The number of hydrogen-bond acceptors (Lipinski definition) is 6. The number of aryl methyl sites for hydroxylation is 1. The van der Waals surface area contributed by atoms with Gasteiger partial charge in [-0.2, -0.15) is 0 Å². The number of carbonyl (C=O) groups excluding carboxylic acids is 2. The number of rotatable bonds is 10. The van der Waals surface area contributed by atoms with E-state index in [0.717, 1.165) is 40.4 Å². The highest BCUT2D eigenvalue weighted by atomic mass is 32.1. The van der Waals surface area contributed by atoms with Crippen molar-refractivity contribution in [1.82, 2.24) is 20.1 Å². The highest BCUT2D eigenvalue weighted by Crippen LogP contribution is 2.32. The van der Waals surface area contributed by atoms with Crippen LogP contribution in [0.25, 0.3) is 10.4 Å². The molecule has 1 aromatic carbocycles. The molecule has 0 bridgehead atoms. The van der Waals surface area contributed by atoms with Crippen molar-refractivity contribution in [1.29, 1.82) is 0 Å². The van der Waals surface area contributed by atoms with Crippen LogP contribution in [-0.4, -0.2) is 66.4 Å². The summed E-state index contributed by atoms with van der Waals surface area (Å²) in [4.78, 5) is 35.3. The molecule has 2 heterocycles. The van der Waals surface area contributed by atoms with Crippen LogP contribution in [-0.2, 0) is 16.1 Å². The Labute approximate surface area is 207 Å². The largest absolute Gasteiger partial charge is 0.492 e. The van der Waals surface area contributed by atoms with Crippen LogP contribution in [0.4, 0.5) is 0 Å². The van der Waals surface area contributed by atoms with Crippen LogP contribution in [0.15, 0.2) is 23.7 Å². The lowest BCUT2D eigenvalue weighted by atomic mass is 9.96. The maximum atomic E-state index is 13.1. The Bertz CT molecular complexity index is 988. The summed E-state index contributed by atoms with van der Waals surface area (Å²) in [6.07, 6.45) is 1.56. The van der Waals surface area contributed by atoms with Crippen LogP contribution >= 0.6 is 11.3 Å². The monoisotopic (exact) mass is 486 g/mol. The van der Waals surface area contributed by atoms with Crippen LogP contribution < -0.4 is 10.1 Å². The van der Waals surface area contributed by atoms with E-state index < -0.39 is 6.04 Å². The van der Waals surface area contributed by atoms with Crippen molar-refractivity contribution in [2.75, 3.05) is 33.8 Å². The molecule has 186 valence electrons. The Balaban J connectivity index is 1.72. The minimum Gasteiger partial charge on any atom is -0.492 e. The number of nitrogens with one attached hydrogen (secondary N) is 1. The van der Waals surface area contributed by atoms with E-state index in [9.17, 15) is 9.59 Å². The fourth-order valence-corrected chi connectivity index (χ4v) is 4.85. The predicted molar refractivity (Wildman–Crippen MR) is 137 cm³/mol. The normalized spacial score (nSPS) is 16.8. The average molecular weight is 487 g/mol. The van der Waals surface area contributed by atoms with Gasteiger partial charge in [-0.05, 0) is 51.4 Å². The van der Waals surface area contributed by atoms with Crippen LogP contribution in [0.3, 0.4) is 0 Å². The summed E-state index contributed by atoms with van der Waals surface area (Å²) in [6, 6.07) is 5.70. The number of likely N-dealkylation sites (tertiary alicyclic amines) is 1. The SMILES string of the molecule is Cc1ncsc1-c1ccc(CNC(=O)C2CCCN2C(=O)C(C)C(C)C)c(OCCN(C)C)c1. The average Bonchev–Trinajstić information content (AvgIpc) is 3.45. The third-order valence-electron chi connectivity index (χ3n) is 6.55. The maximum Gasteiger partial charge on any atom is 0.243 e. The summed E-state index contributed by atoms with van der Waals surface area (Å²) in [6.45, 7) is 10.4. The zero-order valence-corrected chi connectivity index (χ0v) is 22.1. The van der Waals surface area contributed by atoms with Gasteiger partial charge >= 0.3 is 0 Å². The van der Waals surface area contributed by atoms with Gasteiger partial charge in [-0.3, -0.25) is 9.59 Å². The molecule has 2 amide bonds. The van der Waals surface area contributed by atoms with Gasteiger partial charge in [-0.1, -0.05) is 32.9 Å². The molecule has 2 unspecified atom stereocenters. The topological polar surface area (TPSA) is 74.8 Å². The van der Waals surface area contributed by atoms with Gasteiger partial charge in [0.25, 0.3) is 0 Å². The molecule has 7 nitrogen and oxygen atoms in total. The fourth-order valence-electron chi connectivity index (χ4n) is 4.04. The molecule has 0 radical (unpaired) electrons. The number of aromatic nitrogens is 1. The minimum atomic E-state index is -0.397. The van der Waals surface area contributed by atoms with E-state index in [1.807, 2.05) is 59.4 Å². The maximum absolute atomic E-state index is 13.1. The first kappa shape index (κ1) is 26.2. The predicted octanol–water partition coefficient (Wildman–Crippen LogP) is 3.96. The molecule has 1 saturated heterocycles. The number of ether oxygens (including phenoxy) is 1. The number of amides is 2. The number of benzene rings is 1. The Morgan fingerprint density at radius 2 is 2.06 bits per heavy atom. The van der Waals surface area contributed by atoms with Crippen LogP contribution in [0, 0.1) is 18.8 Å². The molecule has 8 heteroatoms. The summed E-state index contributed by atoms with van der Waals surface area (Å²) in [5.74, 6) is 0.903. The molecule has 0 saturated carbocycles. The van der Waals surface area contributed by atoms with Gasteiger partial charge in [0.1, 0.15) is 18.4 Å². The Hall–Kier alpha value is -2.45. The van der Waals surface area contributed by atoms with E-state index in [1.165, 1.54) is 0 Å². The summed E-state index contributed by atoms with van der Waals surface area (Å²) in [7, 11) is 4.02. The van der Waals surface area contributed by atoms with Crippen LogP contribution in [0.1, 0.15) is 44.9 Å². The van der Waals surface area contributed by atoms with E-state index in [0.29, 0.717) is 26.1 Å². The number of thiazole rings is 1. The molecular formula is C26H38N4O3S. The number of likely N-dealkylation sites (N-methyl/N-ethyl adjacent to an activating group) is 1. The van der Waals surface area contributed by atoms with Gasteiger partial charge in [0, 0.05) is 31.1 Å². The smallest absolute Gasteiger partial charge is 0.243 e. The van der Waals surface area contributed by atoms with Gasteiger partial charge < -0.3 is 19.9 Å². The summed E-state index contributed by atoms with van der Waals surface area (Å²) >= 11 is 1.61. The van der Waals surface area contributed by atoms with Crippen LogP contribution in [0.5, 0.6) is 5.75 Å². The first-order valence-electron chi connectivity index (χ1n) is 12.1. The van der Waals surface area contributed by atoms with Crippen molar-refractivity contribution in [2.24, 2.45) is 11.8 Å². The second kappa shape index (κ2) is 11.8. The van der Waals surface area contributed by atoms with Crippen molar-refractivity contribution < 1.29 is 14.3 Å². The molecule has 2 atom stereocenters. The first-order chi connectivity index (χ1) is 16.2. The van der Waals surface area contributed by atoms with E-state index in [-0.39, 0.29) is 23.7 Å². The van der Waals surface area contributed by atoms with Crippen molar-refractivity contribution in [3.63, 3.8) is 0 Å². The molecule has 0 aliphatic carbocycles. The lowest BCUT2D eigenvalue weighted by Crippen LogP contribution is -2.48. The molecular weight excluding hydrogens is 448 g/mol. The number of carbonyl (C=O) groups is 2. The van der Waals surface area contributed by atoms with Gasteiger partial charge in [0.05, 0.1) is 16.1 Å². The third kappa shape index (κ3) is 6.36. The van der Waals surface area contributed by atoms with Gasteiger partial charge in [0.2, 0.25) is 11.8 Å². The van der Waals surface area contributed by atoms with E-state index in [4.69, 9.17) is 4.74 Å². The second-order valence-corrected chi connectivity index (χ2v) is 10.5. The van der Waals surface area contributed by atoms with Gasteiger partial charge in [-0.15, -0.1) is 11.3 Å². The molecule has 1 aromatic heterocycles. The standard InChI is InChI=1S/C26H38N4O3S/c1-17(2)18(3)26(32)30-11-7-8-22(30)25(31)27-15-21-10-9-20(24-19(4)28-16-34-24)14-23(21)33-13-12-29(5)6/h9-10,14,16-18,22H,7-8,11-13,15H2,1-6H3,(H,27,31). The van der Waals surface area contributed by atoms with Crippen molar-refractivity contribution in [3.8, 4) is 16.2 Å². The zero-order valence-electron chi connectivity index (χ0n) is 21.3. The molecule has 2 aromatic rings. The molecule has 1 aliphatic heterocycles. The molecule has 1 N–H and O–H groups in total. The Kier molecular flexibility index (Phi) is 9.08. The number of hydrogen-bond donors (Lipinski definition) is 1. The fraction of sp³-hybridized carbons (Fsp3) is 0.577. The van der Waals surface area contributed by atoms with Crippen molar-refractivity contribution >= 4 is 23.2 Å². The van der Waals surface area contributed by atoms with Crippen LogP contribution in [0.2, 0.25) is 0 Å². The lowest BCUT2D eigenvalue weighted by Gasteiger charge is -2.28. The quantitative estimate of drug-likeness (QED) is 0.550. The van der Waals surface area contributed by atoms with Gasteiger partial charge in [0.15, 0.2) is 0 Å². The van der Waals surface area contributed by atoms with E-state index in [1.54, 1.807) is 16.2 Å². The first-order valence-corrected chi connectivity index (χ1v) is 13.0.